The van der Waals surface area contributed by atoms with Crippen LogP contribution in [0.15, 0.2) is 158 Å². The molecule has 0 N–H and O–H groups in total. The van der Waals surface area contributed by atoms with Gasteiger partial charge < -0.3 is 0 Å². The Hall–Kier alpha value is -5.40. The molecule has 0 aliphatic carbocycles. The Labute approximate surface area is 293 Å². The molecule has 0 unspecified atom stereocenters. The average Bonchev–Trinajstić information content (AvgIpc) is 3.13. The molecule has 0 saturated heterocycles. The molecule has 7 rings (SSSR count). The van der Waals surface area contributed by atoms with E-state index in [0.717, 1.165) is 0 Å². The van der Waals surface area contributed by atoms with Crippen LogP contribution in [0.1, 0.15) is 33.4 Å². The van der Waals surface area contributed by atoms with Gasteiger partial charge in [0.1, 0.15) is 6.15 Å². The third-order valence-electron chi connectivity index (χ3n) is 11.2. The molecule has 0 atom stereocenters. The summed E-state index contributed by atoms with van der Waals surface area (Å²) >= 11 is 0. The van der Waals surface area contributed by atoms with Crippen molar-refractivity contribution in [1.82, 2.24) is 0 Å². The van der Waals surface area contributed by atoms with Crippen molar-refractivity contribution in [2.24, 2.45) is 0 Å². The molecule has 7 aromatic carbocycles. The first-order chi connectivity index (χ1) is 23.8. The van der Waals surface area contributed by atoms with E-state index in [4.69, 9.17) is 0 Å². The molecule has 0 amide bonds. The quantitative estimate of drug-likeness (QED) is 0.154. The Morgan fingerprint density at radius 2 is 0.653 bits per heavy atom. The summed E-state index contributed by atoms with van der Waals surface area (Å²) < 4.78 is 0. The van der Waals surface area contributed by atoms with E-state index in [0.29, 0.717) is 0 Å². The molecular formula is C48H44B-. The Balaban J connectivity index is 1.79. The number of hydrogen-bond donors (Lipinski definition) is 0. The highest BCUT2D eigenvalue weighted by Crippen LogP contribution is 2.44. The van der Waals surface area contributed by atoms with Crippen LogP contribution in [0.2, 0.25) is 0 Å². The van der Waals surface area contributed by atoms with Gasteiger partial charge in [0.15, 0.2) is 0 Å². The highest BCUT2D eigenvalue weighted by Gasteiger charge is 2.35. The fourth-order valence-electron chi connectivity index (χ4n) is 8.20. The topological polar surface area (TPSA) is 0 Å². The maximum absolute atomic E-state index is 2.47. The van der Waals surface area contributed by atoms with Crippen LogP contribution < -0.4 is 21.9 Å². The van der Waals surface area contributed by atoms with Crippen LogP contribution in [-0.4, -0.2) is 6.15 Å². The molecule has 0 aliphatic rings. The van der Waals surface area contributed by atoms with Crippen molar-refractivity contribution >= 4 is 28.0 Å². The van der Waals surface area contributed by atoms with Crippen LogP contribution >= 0.6 is 0 Å². The van der Waals surface area contributed by atoms with Gasteiger partial charge in [-0.05, 0) is 108 Å². The highest BCUT2D eigenvalue weighted by molar-refractivity contribution is 7.20. The van der Waals surface area contributed by atoms with Crippen molar-refractivity contribution in [3.05, 3.63) is 191 Å². The van der Waals surface area contributed by atoms with Gasteiger partial charge in [-0.2, -0.15) is 21.9 Å². The smallest absolute Gasteiger partial charge is 0.108 e. The highest BCUT2D eigenvalue weighted by atomic mass is 14.3. The zero-order valence-corrected chi connectivity index (χ0v) is 29.6. The normalized spacial score (nSPS) is 11.5. The summed E-state index contributed by atoms with van der Waals surface area (Å²) in [5.41, 5.74) is 20.8. The second kappa shape index (κ2) is 13.2. The third kappa shape index (κ3) is 5.44. The Morgan fingerprint density at radius 3 is 1.08 bits per heavy atom. The number of rotatable bonds is 7. The standard InChI is InChI=1S/C48H44B/c1-33-19-16-28-42(36(33)4)45-31-32-46(48(44-30-18-21-35(3)38(44)6)47(45)43-29-17-20-34(2)37(43)5)49(39-22-10-7-11-23-39,40-24-12-8-13-25-40)41-26-14-9-15-27-41/h7-32H,1-6H3/q-1. The molecule has 0 spiro atoms. The molecule has 0 heterocycles. The molecule has 0 fully saturated rings. The van der Waals surface area contributed by atoms with Crippen LogP contribution in [0.5, 0.6) is 0 Å². The summed E-state index contributed by atoms with van der Waals surface area (Å²) in [6.45, 7) is 13.6. The summed E-state index contributed by atoms with van der Waals surface area (Å²) in [4.78, 5) is 0. The van der Waals surface area contributed by atoms with Gasteiger partial charge in [-0.15, -0.1) is 0 Å². The molecule has 49 heavy (non-hydrogen) atoms. The minimum atomic E-state index is -1.65. The minimum absolute atomic E-state index is 1.27. The van der Waals surface area contributed by atoms with E-state index >= 15 is 0 Å². The third-order valence-corrected chi connectivity index (χ3v) is 11.2. The molecule has 0 aliphatic heterocycles. The summed E-state index contributed by atoms with van der Waals surface area (Å²) in [6.07, 6.45) is -1.65. The maximum Gasteiger partial charge on any atom is 0.108 e. The van der Waals surface area contributed by atoms with Gasteiger partial charge in [0.2, 0.25) is 0 Å². The van der Waals surface area contributed by atoms with Gasteiger partial charge in [0, 0.05) is 0 Å². The lowest BCUT2D eigenvalue weighted by Crippen LogP contribution is -2.75. The first-order valence-corrected chi connectivity index (χ1v) is 17.5. The summed E-state index contributed by atoms with van der Waals surface area (Å²) in [6, 6.07) is 58.9. The monoisotopic (exact) mass is 631 g/mol. The molecule has 0 radical (unpaired) electrons. The fourth-order valence-corrected chi connectivity index (χ4v) is 8.20. The van der Waals surface area contributed by atoms with Gasteiger partial charge >= 0.3 is 0 Å². The predicted octanol–water partition coefficient (Wildman–Crippen LogP) is 9.92. The van der Waals surface area contributed by atoms with Crippen molar-refractivity contribution in [1.29, 1.82) is 0 Å². The molecule has 0 saturated carbocycles. The van der Waals surface area contributed by atoms with Crippen molar-refractivity contribution in [3.63, 3.8) is 0 Å². The zero-order valence-electron chi connectivity index (χ0n) is 29.6. The van der Waals surface area contributed by atoms with Crippen molar-refractivity contribution < 1.29 is 0 Å². The van der Waals surface area contributed by atoms with Crippen LogP contribution in [-0.2, 0) is 0 Å². The van der Waals surface area contributed by atoms with E-state index < -0.39 is 6.15 Å². The molecule has 240 valence electrons. The lowest BCUT2D eigenvalue weighted by Gasteiger charge is -2.46. The van der Waals surface area contributed by atoms with E-state index in [-0.39, 0.29) is 0 Å². The molecular weight excluding hydrogens is 587 g/mol. The van der Waals surface area contributed by atoms with Crippen molar-refractivity contribution in [2.45, 2.75) is 41.5 Å². The molecule has 0 nitrogen and oxygen atoms in total. The van der Waals surface area contributed by atoms with Gasteiger partial charge in [0.25, 0.3) is 0 Å². The van der Waals surface area contributed by atoms with Gasteiger partial charge in [-0.1, -0.05) is 158 Å². The summed E-state index contributed by atoms with van der Waals surface area (Å²) in [5, 5.41) is 0. The molecule has 0 aromatic heterocycles. The van der Waals surface area contributed by atoms with Gasteiger partial charge in [-0.3, -0.25) is 0 Å². The van der Waals surface area contributed by atoms with E-state index in [2.05, 4.69) is 199 Å². The second-order valence-corrected chi connectivity index (χ2v) is 13.8. The number of hydrogen-bond acceptors (Lipinski definition) is 0. The molecule has 1 heteroatoms. The van der Waals surface area contributed by atoms with Crippen molar-refractivity contribution in [2.75, 3.05) is 0 Å². The zero-order chi connectivity index (χ0) is 34.1. The largest absolute Gasteiger partial charge is 0.195 e. The average molecular weight is 632 g/mol. The first-order valence-electron chi connectivity index (χ1n) is 17.5. The van der Waals surface area contributed by atoms with Crippen LogP contribution in [0, 0.1) is 41.5 Å². The fraction of sp³-hybridized carbons (Fsp3) is 0.125. The summed E-state index contributed by atoms with van der Waals surface area (Å²) in [5.74, 6) is 0. The SMILES string of the molecule is Cc1cccc(-c2ccc([B-](c3ccccc3)(c3ccccc3)c3ccccc3)c(-c3cccc(C)c3C)c2-c2cccc(C)c2C)c1C. The Bertz CT molecular complexity index is 2170. The van der Waals surface area contributed by atoms with Gasteiger partial charge in [0.05, 0.1) is 0 Å². The molecule has 0 bridgehead atoms. The predicted molar refractivity (Wildman–Crippen MR) is 215 cm³/mol. The van der Waals surface area contributed by atoms with Crippen molar-refractivity contribution in [3.8, 4) is 33.4 Å². The second-order valence-electron chi connectivity index (χ2n) is 13.8. The maximum atomic E-state index is 2.47. The Kier molecular flexibility index (Phi) is 8.70. The Morgan fingerprint density at radius 1 is 0.286 bits per heavy atom. The lowest BCUT2D eigenvalue weighted by atomic mass is 9.12. The number of benzene rings is 7. The lowest BCUT2D eigenvalue weighted by molar-refractivity contribution is 1.32. The molecule has 7 aromatic rings. The van der Waals surface area contributed by atoms with Crippen LogP contribution in [0.3, 0.4) is 0 Å². The van der Waals surface area contributed by atoms with Crippen LogP contribution in [0.4, 0.5) is 0 Å². The van der Waals surface area contributed by atoms with E-state index in [1.54, 1.807) is 0 Å². The van der Waals surface area contributed by atoms with E-state index in [1.165, 1.54) is 88.6 Å². The summed E-state index contributed by atoms with van der Waals surface area (Å²) in [7, 11) is 0. The van der Waals surface area contributed by atoms with E-state index in [9.17, 15) is 0 Å². The minimum Gasteiger partial charge on any atom is -0.195 e. The van der Waals surface area contributed by atoms with E-state index in [1.807, 2.05) is 0 Å². The number of aryl methyl sites for hydroxylation is 3. The van der Waals surface area contributed by atoms with Crippen LogP contribution in [0.25, 0.3) is 33.4 Å². The van der Waals surface area contributed by atoms with Gasteiger partial charge in [-0.25, -0.2) is 0 Å². The first kappa shape index (κ1) is 32.2.